The lowest BCUT2D eigenvalue weighted by molar-refractivity contribution is -0.385. The average Bonchev–Trinajstić information content (AvgIpc) is 3.22. The average molecular weight is 587 g/mol. The van der Waals surface area contributed by atoms with E-state index in [2.05, 4.69) is 15.8 Å². The zero-order valence-electron chi connectivity index (χ0n) is 23.5. The molecule has 14 nitrogen and oxygen atoms in total. The number of rotatable bonds is 8. The van der Waals surface area contributed by atoms with Crippen molar-refractivity contribution < 1.29 is 28.8 Å². The van der Waals surface area contributed by atoms with Crippen LogP contribution in [0.3, 0.4) is 0 Å². The summed E-state index contributed by atoms with van der Waals surface area (Å²) < 4.78 is 13.5. The minimum Gasteiger partial charge on any atom is -0.493 e. The molecule has 0 unspecified atom stereocenters. The second kappa shape index (κ2) is 12.6. The first-order chi connectivity index (χ1) is 20.5. The van der Waals surface area contributed by atoms with Crippen LogP contribution in [-0.2, 0) is 16.6 Å². The number of esters is 1. The van der Waals surface area contributed by atoms with Gasteiger partial charge in [-0.25, -0.2) is 14.9 Å². The van der Waals surface area contributed by atoms with E-state index in [1.165, 1.54) is 54.3 Å². The van der Waals surface area contributed by atoms with Gasteiger partial charge in [0, 0.05) is 18.7 Å². The smallest absolute Gasteiger partial charge is 0.350 e. The maximum Gasteiger partial charge on any atom is 0.350 e. The van der Waals surface area contributed by atoms with Crippen LogP contribution in [0.15, 0.2) is 82.7 Å². The fraction of sp³-hybridized carbons (Fsp3) is 0.138. The Hall–Kier alpha value is -6.05. The molecule has 0 aliphatic rings. The number of methoxy groups -OCH3 is 1. The number of anilines is 1. The molecule has 4 aromatic rings. The number of para-hydroxylation sites is 2. The molecule has 2 amide bonds. The van der Waals surface area contributed by atoms with E-state index in [0.717, 1.165) is 0 Å². The zero-order valence-corrected chi connectivity index (χ0v) is 23.5. The second-order valence-corrected chi connectivity index (χ2v) is 9.06. The summed E-state index contributed by atoms with van der Waals surface area (Å²) in [5.74, 6) is -3.07. The Morgan fingerprint density at radius 2 is 1.63 bits per heavy atom. The van der Waals surface area contributed by atoms with Crippen LogP contribution in [0.25, 0.3) is 5.69 Å². The molecule has 1 heterocycles. The molecule has 220 valence electrons. The van der Waals surface area contributed by atoms with E-state index in [9.17, 15) is 29.3 Å². The third-order valence-corrected chi connectivity index (χ3v) is 6.43. The molecule has 0 saturated heterocycles. The topological polar surface area (TPSA) is 176 Å². The molecule has 43 heavy (non-hydrogen) atoms. The quantitative estimate of drug-likeness (QED) is 0.0790. The van der Waals surface area contributed by atoms with Gasteiger partial charge in [-0.15, -0.1) is 0 Å². The first-order valence-electron chi connectivity index (χ1n) is 12.7. The Morgan fingerprint density at radius 1 is 0.953 bits per heavy atom. The van der Waals surface area contributed by atoms with Gasteiger partial charge in [0.1, 0.15) is 11.3 Å². The number of hydrogen-bond donors (Lipinski definition) is 2. The van der Waals surface area contributed by atoms with Gasteiger partial charge in [0.15, 0.2) is 11.5 Å². The van der Waals surface area contributed by atoms with Crippen molar-refractivity contribution in [3.05, 3.63) is 110 Å². The first kappa shape index (κ1) is 29.9. The summed E-state index contributed by atoms with van der Waals surface area (Å²) in [5.41, 5.74) is 2.66. The molecule has 3 aromatic carbocycles. The van der Waals surface area contributed by atoms with Gasteiger partial charge in [0.2, 0.25) is 0 Å². The van der Waals surface area contributed by atoms with Crippen molar-refractivity contribution in [2.45, 2.75) is 13.8 Å². The highest BCUT2D eigenvalue weighted by molar-refractivity contribution is 6.39. The maximum atomic E-state index is 13.0. The summed E-state index contributed by atoms with van der Waals surface area (Å²) in [7, 11) is 2.98. The molecule has 0 spiro atoms. The van der Waals surface area contributed by atoms with Crippen molar-refractivity contribution >= 4 is 34.9 Å². The van der Waals surface area contributed by atoms with E-state index < -0.39 is 34.0 Å². The van der Waals surface area contributed by atoms with Gasteiger partial charge >= 0.3 is 17.8 Å². The van der Waals surface area contributed by atoms with Crippen molar-refractivity contribution in [1.29, 1.82) is 0 Å². The summed E-state index contributed by atoms with van der Waals surface area (Å²) in [4.78, 5) is 61.3. The van der Waals surface area contributed by atoms with E-state index in [4.69, 9.17) is 9.47 Å². The third kappa shape index (κ3) is 6.32. The summed E-state index contributed by atoms with van der Waals surface area (Å²) in [6, 6.07) is 18.5. The van der Waals surface area contributed by atoms with Crippen LogP contribution in [0.2, 0.25) is 0 Å². The van der Waals surface area contributed by atoms with Crippen LogP contribution in [-0.4, -0.2) is 44.9 Å². The van der Waals surface area contributed by atoms with Crippen molar-refractivity contribution in [2.24, 2.45) is 12.1 Å². The number of benzene rings is 3. The third-order valence-electron chi connectivity index (χ3n) is 6.43. The number of hydrazone groups is 1. The number of ether oxygens (including phenoxy) is 2. The number of amides is 2. The molecule has 0 radical (unpaired) electrons. The maximum absolute atomic E-state index is 13.0. The summed E-state index contributed by atoms with van der Waals surface area (Å²) in [5, 5.41) is 17.6. The lowest BCUT2D eigenvalue weighted by Gasteiger charge is -2.11. The monoisotopic (exact) mass is 586 g/mol. The van der Waals surface area contributed by atoms with Crippen LogP contribution < -0.4 is 25.8 Å². The molecule has 14 heteroatoms. The lowest BCUT2D eigenvalue weighted by atomic mass is 10.1. The predicted molar refractivity (Wildman–Crippen MR) is 156 cm³/mol. The normalized spacial score (nSPS) is 11.0. The summed E-state index contributed by atoms with van der Waals surface area (Å²) in [6.07, 6.45) is 0. The number of nitrogens with zero attached hydrogens (tertiary/aromatic N) is 4. The standard InChI is InChI=1S/C29H26N6O8/c1-17(19-14-15-23(24(16-19)42-4)43-29(39)21-12-8-9-13-22(21)35(40)41)31-32-27(37)26(36)30-25-18(2)33(3)34(28(25)38)20-10-6-5-7-11-20/h5-16H,1-4H3,(H,30,36)(H,32,37)/b31-17+. The van der Waals surface area contributed by atoms with Gasteiger partial charge in [-0.3, -0.25) is 29.2 Å². The lowest BCUT2D eigenvalue weighted by Crippen LogP contribution is -2.34. The zero-order chi connectivity index (χ0) is 31.3. The minimum absolute atomic E-state index is 0.00926. The van der Waals surface area contributed by atoms with Crippen LogP contribution in [0, 0.1) is 17.0 Å². The Balaban J connectivity index is 1.46. The van der Waals surface area contributed by atoms with Crippen molar-refractivity contribution in [3.8, 4) is 17.2 Å². The molecule has 0 saturated carbocycles. The molecule has 0 aliphatic carbocycles. The van der Waals surface area contributed by atoms with E-state index in [0.29, 0.717) is 16.9 Å². The number of aromatic nitrogens is 2. The Morgan fingerprint density at radius 3 is 2.30 bits per heavy atom. The second-order valence-electron chi connectivity index (χ2n) is 9.06. The Kier molecular flexibility index (Phi) is 8.79. The number of carbonyl (C=O) groups excluding carboxylic acids is 3. The molecule has 4 rings (SSSR count). The number of carbonyl (C=O) groups is 3. The number of hydrogen-bond acceptors (Lipinski definition) is 9. The van der Waals surface area contributed by atoms with E-state index in [1.54, 1.807) is 55.9 Å². The highest BCUT2D eigenvalue weighted by Gasteiger charge is 2.23. The van der Waals surface area contributed by atoms with E-state index in [-0.39, 0.29) is 28.5 Å². The summed E-state index contributed by atoms with van der Waals surface area (Å²) >= 11 is 0. The van der Waals surface area contributed by atoms with Gasteiger partial charge in [-0.05, 0) is 50.2 Å². The van der Waals surface area contributed by atoms with Crippen molar-refractivity contribution in [3.63, 3.8) is 0 Å². The molecular formula is C29H26N6O8. The molecular weight excluding hydrogens is 560 g/mol. The molecule has 0 fully saturated rings. The summed E-state index contributed by atoms with van der Waals surface area (Å²) in [6.45, 7) is 3.18. The fourth-order valence-electron chi connectivity index (χ4n) is 4.07. The van der Waals surface area contributed by atoms with Gasteiger partial charge in [0.05, 0.1) is 29.1 Å². The van der Waals surface area contributed by atoms with Gasteiger partial charge in [-0.2, -0.15) is 5.10 Å². The van der Waals surface area contributed by atoms with Gasteiger partial charge in [0.25, 0.3) is 11.2 Å². The van der Waals surface area contributed by atoms with Crippen molar-refractivity contribution in [2.75, 3.05) is 12.4 Å². The molecule has 2 N–H and O–H groups in total. The Bertz CT molecular complexity index is 1820. The Labute approximate surface area is 244 Å². The number of nitro groups is 1. The fourth-order valence-corrected chi connectivity index (χ4v) is 4.07. The highest BCUT2D eigenvalue weighted by Crippen LogP contribution is 2.30. The van der Waals surface area contributed by atoms with Crippen LogP contribution in [0.1, 0.15) is 28.5 Å². The predicted octanol–water partition coefficient (Wildman–Crippen LogP) is 3.10. The van der Waals surface area contributed by atoms with Crippen LogP contribution in [0.5, 0.6) is 11.5 Å². The van der Waals surface area contributed by atoms with E-state index >= 15 is 0 Å². The SMILES string of the molecule is COc1cc(/C(C)=N/NC(=O)C(=O)Nc2c(C)n(C)n(-c3ccccc3)c2=O)ccc1OC(=O)c1ccccc1[N+](=O)[O-]. The number of nitrogens with one attached hydrogen (secondary N) is 2. The molecule has 0 aliphatic heterocycles. The van der Waals surface area contributed by atoms with Crippen LogP contribution >= 0.6 is 0 Å². The van der Waals surface area contributed by atoms with Crippen LogP contribution in [0.4, 0.5) is 11.4 Å². The highest BCUT2D eigenvalue weighted by atomic mass is 16.6. The van der Waals surface area contributed by atoms with Gasteiger partial charge in [-0.1, -0.05) is 30.3 Å². The number of nitro benzene ring substituents is 1. The van der Waals surface area contributed by atoms with E-state index in [1.807, 2.05) is 0 Å². The largest absolute Gasteiger partial charge is 0.493 e. The molecule has 1 aromatic heterocycles. The molecule has 0 atom stereocenters. The first-order valence-corrected chi connectivity index (χ1v) is 12.7. The van der Waals surface area contributed by atoms with Crippen molar-refractivity contribution in [1.82, 2.24) is 14.8 Å². The molecule has 0 bridgehead atoms. The minimum atomic E-state index is -1.12. The van der Waals surface area contributed by atoms with Gasteiger partial charge < -0.3 is 14.8 Å².